The quantitative estimate of drug-likeness (QED) is 0.255. The average molecular weight is 455 g/mol. The van der Waals surface area contributed by atoms with Gasteiger partial charge in [-0.25, -0.2) is 0 Å². The van der Waals surface area contributed by atoms with Gasteiger partial charge in [0.25, 0.3) is 0 Å². The van der Waals surface area contributed by atoms with Gasteiger partial charge in [0.05, 0.1) is 5.69 Å². The first-order chi connectivity index (χ1) is 16.3. The second-order valence-electron chi connectivity index (χ2n) is 8.02. The highest BCUT2D eigenvalue weighted by Gasteiger charge is 2.10. The molecule has 33 heavy (non-hydrogen) atoms. The molecule has 0 saturated carbocycles. The third-order valence-electron chi connectivity index (χ3n) is 5.61. The van der Waals surface area contributed by atoms with Crippen molar-refractivity contribution in [2.45, 2.75) is 25.2 Å². The van der Waals surface area contributed by atoms with Crippen LogP contribution in [0.4, 0.5) is 0 Å². The van der Waals surface area contributed by atoms with E-state index in [0.717, 1.165) is 36.2 Å². The number of hydrogen-bond donors (Lipinski definition) is 1. The SMILES string of the molecule is Cc1ccc(Cn2cc(CNCCSc3nnnn3-c3ccccc3)c3ccccc32)cc1. The smallest absolute Gasteiger partial charge is 0.214 e. The molecule has 0 radical (unpaired) electrons. The summed E-state index contributed by atoms with van der Waals surface area (Å²) in [7, 11) is 0. The van der Waals surface area contributed by atoms with E-state index in [4.69, 9.17) is 0 Å². The Morgan fingerprint density at radius 1 is 0.909 bits per heavy atom. The Kier molecular flexibility index (Phi) is 6.51. The number of nitrogens with one attached hydrogen (secondary N) is 1. The van der Waals surface area contributed by atoms with Gasteiger partial charge < -0.3 is 9.88 Å². The summed E-state index contributed by atoms with van der Waals surface area (Å²) in [6, 6.07) is 27.4. The van der Waals surface area contributed by atoms with Crippen molar-refractivity contribution in [3.05, 3.63) is 102 Å². The highest BCUT2D eigenvalue weighted by Crippen LogP contribution is 2.23. The first kappa shape index (κ1) is 21.4. The molecule has 0 spiro atoms. The summed E-state index contributed by atoms with van der Waals surface area (Å²) in [5, 5.41) is 17.8. The number of nitrogens with zero attached hydrogens (tertiary/aromatic N) is 5. The van der Waals surface area contributed by atoms with E-state index in [0.29, 0.717) is 0 Å². The Balaban J connectivity index is 1.20. The van der Waals surface area contributed by atoms with Crippen molar-refractivity contribution in [1.29, 1.82) is 0 Å². The molecule has 0 amide bonds. The minimum absolute atomic E-state index is 0.803. The second kappa shape index (κ2) is 10.0. The zero-order valence-corrected chi connectivity index (χ0v) is 19.4. The van der Waals surface area contributed by atoms with Gasteiger partial charge in [-0.15, -0.1) is 5.10 Å². The van der Waals surface area contributed by atoms with E-state index < -0.39 is 0 Å². The van der Waals surface area contributed by atoms with Crippen LogP contribution in [0, 0.1) is 6.92 Å². The number of thioether (sulfide) groups is 1. The van der Waals surface area contributed by atoms with Gasteiger partial charge >= 0.3 is 0 Å². The van der Waals surface area contributed by atoms with E-state index in [2.05, 4.69) is 87.1 Å². The van der Waals surface area contributed by atoms with Crippen LogP contribution in [0.1, 0.15) is 16.7 Å². The number of benzene rings is 3. The first-order valence-electron chi connectivity index (χ1n) is 11.1. The zero-order chi connectivity index (χ0) is 22.5. The lowest BCUT2D eigenvalue weighted by Crippen LogP contribution is -2.16. The molecule has 6 nitrogen and oxygen atoms in total. The lowest BCUT2D eigenvalue weighted by molar-refractivity contribution is 0.725. The molecule has 0 fully saturated rings. The van der Waals surface area contributed by atoms with E-state index in [1.165, 1.54) is 27.6 Å². The van der Waals surface area contributed by atoms with Crippen LogP contribution in [-0.4, -0.2) is 37.1 Å². The maximum Gasteiger partial charge on any atom is 0.214 e. The minimum Gasteiger partial charge on any atom is -0.343 e. The maximum atomic E-state index is 4.17. The highest BCUT2D eigenvalue weighted by molar-refractivity contribution is 7.99. The fourth-order valence-corrected chi connectivity index (χ4v) is 4.71. The number of para-hydroxylation sites is 2. The second-order valence-corrected chi connectivity index (χ2v) is 9.08. The molecule has 0 atom stereocenters. The normalized spacial score (nSPS) is 11.3. The summed E-state index contributed by atoms with van der Waals surface area (Å²) < 4.78 is 4.13. The van der Waals surface area contributed by atoms with Gasteiger partial charge in [-0.1, -0.05) is 78.0 Å². The molecular weight excluding hydrogens is 428 g/mol. The molecule has 0 aliphatic carbocycles. The van der Waals surface area contributed by atoms with Gasteiger partial charge in [0.15, 0.2) is 0 Å². The third kappa shape index (κ3) is 4.99. The summed E-state index contributed by atoms with van der Waals surface area (Å²) in [5.41, 5.74) is 6.16. The number of rotatable bonds is 9. The minimum atomic E-state index is 0.803. The predicted molar refractivity (Wildman–Crippen MR) is 134 cm³/mol. The fourth-order valence-electron chi connectivity index (χ4n) is 3.92. The Labute approximate surface area is 197 Å². The van der Waals surface area contributed by atoms with Crippen LogP contribution in [0.2, 0.25) is 0 Å². The van der Waals surface area contributed by atoms with E-state index in [-0.39, 0.29) is 0 Å². The molecule has 5 aromatic rings. The monoisotopic (exact) mass is 454 g/mol. The van der Waals surface area contributed by atoms with Gasteiger partial charge in [0, 0.05) is 42.5 Å². The van der Waals surface area contributed by atoms with Crippen molar-refractivity contribution in [2.24, 2.45) is 0 Å². The Morgan fingerprint density at radius 3 is 2.55 bits per heavy atom. The molecular formula is C26H26N6S. The topological polar surface area (TPSA) is 60.6 Å². The molecule has 0 bridgehead atoms. The number of hydrogen-bond acceptors (Lipinski definition) is 5. The van der Waals surface area contributed by atoms with Crippen LogP contribution in [-0.2, 0) is 13.1 Å². The van der Waals surface area contributed by atoms with E-state index >= 15 is 0 Å². The van der Waals surface area contributed by atoms with Crippen molar-refractivity contribution >= 4 is 22.7 Å². The van der Waals surface area contributed by atoms with Crippen LogP contribution in [0.5, 0.6) is 0 Å². The highest BCUT2D eigenvalue weighted by atomic mass is 32.2. The number of aromatic nitrogens is 5. The van der Waals surface area contributed by atoms with Gasteiger partial charge in [0.1, 0.15) is 0 Å². The van der Waals surface area contributed by atoms with Crippen molar-refractivity contribution in [3.8, 4) is 5.69 Å². The molecule has 0 aliphatic rings. The average Bonchev–Trinajstić information content (AvgIpc) is 3.46. The van der Waals surface area contributed by atoms with Crippen molar-refractivity contribution < 1.29 is 0 Å². The Bertz CT molecular complexity index is 1320. The largest absolute Gasteiger partial charge is 0.343 e. The lowest BCUT2D eigenvalue weighted by atomic mass is 10.1. The van der Waals surface area contributed by atoms with Crippen molar-refractivity contribution in [1.82, 2.24) is 30.1 Å². The maximum absolute atomic E-state index is 4.17. The molecule has 2 aromatic heterocycles. The molecule has 1 N–H and O–H groups in total. The third-order valence-corrected chi connectivity index (χ3v) is 6.53. The van der Waals surface area contributed by atoms with E-state index in [1.807, 2.05) is 30.3 Å². The predicted octanol–water partition coefficient (Wildman–Crippen LogP) is 4.86. The molecule has 3 aromatic carbocycles. The molecule has 0 aliphatic heterocycles. The molecule has 0 saturated heterocycles. The molecule has 7 heteroatoms. The molecule has 2 heterocycles. The zero-order valence-electron chi connectivity index (χ0n) is 18.6. The van der Waals surface area contributed by atoms with Crippen LogP contribution < -0.4 is 5.32 Å². The van der Waals surface area contributed by atoms with Crippen LogP contribution in [0.3, 0.4) is 0 Å². The van der Waals surface area contributed by atoms with Crippen LogP contribution >= 0.6 is 11.8 Å². The molecule has 5 rings (SSSR count). The van der Waals surface area contributed by atoms with E-state index in [9.17, 15) is 0 Å². The van der Waals surface area contributed by atoms with E-state index in [1.54, 1.807) is 16.4 Å². The summed E-state index contributed by atoms with van der Waals surface area (Å²) in [6.07, 6.45) is 2.28. The van der Waals surface area contributed by atoms with Crippen molar-refractivity contribution in [3.63, 3.8) is 0 Å². The summed E-state index contributed by atoms with van der Waals surface area (Å²) in [4.78, 5) is 0. The van der Waals surface area contributed by atoms with Gasteiger partial charge in [-0.05, 0) is 46.7 Å². The fraction of sp³-hybridized carbons (Fsp3) is 0.192. The standard InChI is InChI=1S/C26H26N6S/c1-20-11-13-21(14-12-20)18-31-19-22(24-9-5-6-10-25(24)31)17-27-15-16-33-26-28-29-30-32(26)23-7-3-2-4-8-23/h2-14,19,27H,15-18H2,1H3. The lowest BCUT2D eigenvalue weighted by Gasteiger charge is -2.06. The molecule has 0 unspecified atom stereocenters. The Morgan fingerprint density at radius 2 is 1.70 bits per heavy atom. The van der Waals surface area contributed by atoms with Crippen LogP contribution in [0.15, 0.2) is 90.2 Å². The van der Waals surface area contributed by atoms with Gasteiger partial charge in [-0.2, -0.15) is 4.68 Å². The van der Waals surface area contributed by atoms with Gasteiger partial charge in [-0.3, -0.25) is 0 Å². The number of fused-ring (bicyclic) bond motifs is 1. The Hall–Kier alpha value is -3.42. The molecule has 166 valence electrons. The number of aryl methyl sites for hydroxylation is 1. The van der Waals surface area contributed by atoms with Crippen LogP contribution in [0.25, 0.3) is 16.6 Å². The first-order valence-corrected chi connectivity index (χ1v) is 12.1. The summed E-state index contributed by atoms with van der Waals surface area (Å²) >= 11 is 1.65. The van der Waals surface area contributed by atoms with Gasteiger partial charge in [0.2, 0.25) is 5.16 Å². The number of tetrazole rings is 1. The summed E-state index contributed by atoms with van der Waals surface area (Å²) in [5.74, 6) is 0.884. The van der Waals surface area contributed by atoms with Crippen molar-refractivity contribution in [2.75, 3.05) is 12.3 Å². The summed E-state index contributed by atoms with van der Waals surface area (Å²) in [6.45, 7) is 4.69.